The van der Waals surface area contributed by atoms with E-state index in [-0.39, 0.29) is 32.0 Å². The molecule has 2 aromatic rings. The molecule has 1 atom stereocenters. The molecule has 1 aromatic carbocycles. The fourth-order valence-corrected chi connectivity index (χ4v) is 4.27. The lowest BCUT2D eigenvalue weighted by Gasteiger charge is -2.36. The van der Waals surface area contributed by atoms with Crippen LogP contribution < -0.4 is 9.64 Å². The van der Waals surface area contributed by atoms with Gasteiger partial charge in [-0.3, -0.25) is 4.79 Å². The zero-order valence-corrected chi connectivity index (χ0v) is 19.6. The Morgan fingerprint density at radius 1 is 1.08 bits per heavy atom. The van der Waals surface area contributed by atoms with Crippen LogP contribution in [0, 0.1) is 5.82 Å². The summed E-state index contributed by atoms with van der Waals surface area (Å²) in [4.78, 5) is 18.6. The van der Waals surface area contributed by atoms with Gasteiger partial charge in [0.05, 0.1) is 11.1 Å². The Hall–Kier alpha value is -3.10. The van der Waals surface area contributed by atoms with E-state index in [1.807, 2.05) is 0 Å². The Labute approximate surface area is 201 Å². The van der Waals surface area contributed by atoms with Gasteiger partial charge < -0.3 is 14.5 Å². The lowest BCUT2D eigenvalue weighted by atomic mass is 10.1. The normalized spacial score (nSPS) is 16.1. The van der Waals surface area contributed by atoms with Crippen molar-refractivity contribution in [2.24, 2.45) is 0 Å². The summed E-state index contributed by atoms with van der Waals surface area (Å²) in [5.41, 5.74) is -1.68. The molecule has 0 spiro atoms. The summed E-state index contributed by atoms with van der Waals surface area (Å²) in [5.74, 6) is -3.13. The van der Waals surface area contributed by atoms with Gasteiger partial charge in [-0.15, -0.1) is 0 Å². The first kappa shape index (κ1) is 27.5. The number of amides is 1. The average molecular weight is 543 g/mol. The number of carbonyl (C=O) groups is 1. The van der Waals surface area contributed by atoms with Crippen LogP contribution in [0.2, 0.25) is 0 Å². The van der Waals surface area contributed by atoms with Gasteiger partial charge in [-0.05, 0) is 25.1 Å². The van der Waals surface area contributed by atoms with Crippen LogP contribution in [0.15, 0.2) is 35.4 Å². The number of halogens is 7. The third-order valence-corrected chi connectivity index (χ3v) is 6.50. The zero-order valence-electron chi connectivity index (χ0n) is 18.8. The molecule has 0 radical (unpaired) electrons. The van der Waals surface area contributed by atoms with Crippen LogP contribution >= 0.6 is 0 Å². The van der Waals surface area contributed by atoms with E-state index >= 15 is 0 Å². The number of alkyl halides is 6. The second-order valence-electron chi connectivity index (χ2n) is 8.01. The fourth-order valence-electron chi connectivity index (χ4n) is 3.45. The number of ether oxygens (including phenoxy) is 1. The molecule has 0 saturated carbocycles. The van der Waals surface area contributed by atoms with Gasteiger partial charge >= 0.3 is 12.4 Å². The largest absolute Gasteiger partial charge is 0.479 e. The van der Waals surface area contributed by atoms with Gasteiger partial charge in [0, 0.05) is 38.6 Å². The van der Waals surface area contributed by atoms with Gasteiger partial charge in [-0.25, -0.2) is 17.8 Å². The van der Waals surface area contributed by atoms with E-state index in [9.17, 15) is 43.9 Å². The van der Waals surface area contributed by atoms with Crippen molar-refractivity contribution in [1.29, 1.82) is 0 Å². The third kappa shape index (κ3) is 5.99. The van der Waals surface area contributed by atoms with Gasteiger partial charge in [-0.2, -0.15) is 26.3 Å². The summed E-state index contributed by atoms with van der Waals surface area (Å²) in [6, 6.07) is 3.63. The van der Waals surface area contributed by atoms with E-state index < -0.39 is 61.8 Å². The highest BCUT2D eigenvalue weighted by Gasteiger charge is 2.40. The number of rotatable bonds is 5. The Morgan fingerprint density at radius 3 is 2.19 bits per heavy atom. The van der Waals surface area contributed by atoms with Gasteiger partial charge in [0.1, 0.15) is 4.90 Å². The first-order valence-electron chi connectivity index (χ1n) is 10.3. The molecule has 0 aliphatic carbocycles. The molecule has 198 valence electrons. The fraction of sp³-hybridized carbons (Fsp3) is 0.429. The predicted octanol–water partition coefficient (Wildman–Crippen LogP) is 3.94. The topological polar surface area (TPSA) is 79.8 Å². The molecule has 0 bridgehead atoms. The maximum atomic E-state index is 14.3. The molecule has 1 aliphatic rings. The maximum Gasteiger partial charge on any atom is 0.425 e. The molecule has 0 unspecified atom stereocenters. The second kappa shape index (κ2) is 9.75. The van der Waals surface area contributed by atoms with E-state index in [2.05, 4.69) is 4.98 Å². The van der Waals surface area contributed by atoms with Crippen molar-refractivity contribution >= 4 is 21.6 Å². The van der Waals surface area contributed by atoms with Gasteiger partial charge in [0.2, 0.25) is 0 Å². The standard InChI is InChI=1S/C21H20F7N3O4S/c1-12(20(23,24)25)35-17-14(4-3-5-16(17)36(2,33)34)19(32)31-8-6-30(7-9-31)18-15(22)10-13(11-29-18)21(26,27)28/h3-5,10-12H,6-9H2,1-2H3/t12-/m0/s1. The second-order valence-corrected chi connectivity index (χ2v) is 10.00. The van der Waals surface area contributed by atoms with E-state index in [0.717, 1.165) is 18.4 Å². The van der Waals surface area contributed by atoms with Gasteiger partial charge in [0.25, 0.3) is 5.91 Å². The number of sulfone groups is 1. The summed E-state index contributed by atoms with van der Waals surface area (Å²) in [6.07, 6.45) is -10.8. The molecule has 7 nitrogen and oxygen atoms in total. The molecular formula is C21H20F7N3O4S. The number of anilines is 1. The summed E-state index contributed by atoms with van der Waals surface area (Å²) < 4.78 is 121. The number of piperazine rings is 1. The number of nitrogens with zero attached hydrogens (tertiary/aromatic N) is 3. The van der Waals surface area contributed by atoms with Crippen LogP contribution in [0.3, 0.4) is 0 Å². The van der Waals surface area contributed by atoms with Crippen molar-refractivity contribution in [3.05, 3.63) is 47.4 Å². The van der Waals surface area contributed by atoms with Crippen molar-refractivity contribution < 1.29 is 48.7 Å². The molecule has 1 saturated heterocycles. The summed E-state index contributed by atoms with van der Waals surface area (Å²) in [7, 11) is -4.08. The number of hydrogen-bond donors (Lipinski definition) is 0. The van der Waals surface area contributed by atoms with Crippen molar-refractivity contribution in [3.63, 3.8) is 0 Å². The molecule has 1 amide bonds. The number of aromatic nitrogens is 1. The zero-order chi connectivity index (χ0) is 27.1. The Balaban J connectivity index is 1.84. The monoisotopic (exact) mass is 543 g/mol. The minimum absolute atomic E-state index is 0.0536. The van der Waals surface area contributed by atoms with Crippen LogP contribution in [0.1, 0.15) is 22.8 Å². The molecular weight excluding hydrogens is 523 g/mol. The Bertz CT molecular complexity index is 1240. The summed E-state index contributed by atoms with van der Waals surface area (Å²) in [5, 5.41) is 0. The van der Waals surface area contributed by atoms with Crippen molar-refractivity contribution in [1.82, 2.24) is 9.88 Å². The molecule has 15 heteroatoms. The quantitative estimate of drug-likeness (QED) is 0.532. The molecule has 1 aromatic heterocycles. The summed E-state index contributed by atoms with van der Waals surface area (Å²) >= 11 is 0. The van der Waals surface area contributed by atoms with Gasteiger partial charge in [0.15, 0.2) is 33.3 Å². The van der Waals surface area contributed by atoms with Crippen molar-refractivity contribution in [3.8, 4) is 5.75 Å². The van der Waals surface area contributed by atoms with Crippen molar-refractivity contribution in [2.75, 3.05) is 37.3 Å². The van der Waals surface area contributed by atoms with E-state index in [4.69, 9.17) is 4.74 Å². The van der Waals surface area contributed by atoms with Crippen LogP contribution in [0.4, 0.5) is 36.6 Å². The van der Waals surface area contributed by atoms with Crippen LogP contribution in [-0.4, -0.2) is 68.9 Å². The predicted molar refractivity (Wildman–Crippen MR) is 113 cm³/mol. The highest BCUT2D eigenvalue weighted by atomic mass is 32.2. The Kier molecular flexibility index (Phi) is 7.44. The number of carbonyl (C=O) groups excluding carboxylic acids is 1. The lowest BCUT2D eigenvalue weighted by molar-refractivity contribution is -0.189. The highest BCUT2D eigenvalue weighted by Crippen LogP contribution is 2.34. The first-order chi connectivity index (χ1) is 16.5. The molecule has 36 heavy (non-hydrogen) atoms. The Morgan fingerprint density at radius 2 is 1.69 bits per heavy atom. The van der Waals surface area contributed by atoms with Crippen molar-refractivity contribution in [2.45, 2.75) is 30.3 Å². The molecule has 1 fully saturated rings. The number of hydrogen-bond acceptors (Lipinski definition) is 6. The summed E-state index contributed by atoms with van der Waals surface area (Å²) in [6.45, 7) is 0.359. The minimum Gasteiger partial charge on any atom is -0.479 e. The van der Waals surface area contributed by atoms with E-state index in [1.165, 1.54) is 15.9 Å². The number of para-hydroxylation sites is 1. The lowest BCUT2D eigenvalue weighted by Crippen LogP contribution is -2.49. The van der Waals surface area contributed by atoms with Crippen LogP contribution in [0.25, 0.3) is 0 Å². The van der Waals surface area contributed by atoms with Crippen LogP contribution in [-0.2, 0) is 16.0 Å². The molecule has 1 aliphatic heterocycles. The third-order valence-electron chi connectivity index (χ3n) is 5.38. The molecule has 0 N–H and O–H groups in total. The average Bonchev–Trinajstić information content (AvgIpc) is 2.77. The van der Waals surface area contributed by atoms with E-state index in [0.29, 0.717) is 19.2 Å². The highest BCUT2D eigenvalue weighted by molar-refractivity contribution is 7.90. The maximum absolute atomic E-state index is 14.3. The number of pyridine rings is 1. The van der Waals surface area contributed by atoms with E-state index in [1.54, 1.807) is 0 Å². The SMILES string of the molecule is C[C@H](Oc1c(C(=O)N2CCN(c3ncc(C(F)(F)F)cc3F)CC2)cccc1S(C)(=O)=O)C(F)(F)F. The first-order valence-corrected chi connectivity index (χ1v) is 12.2. The smallest absolute Gasteiger partial charge is 0.425 e. The minimum atomic E-state index is -4.84. The number of benzene rings is 1. The van der Waals surface area contributed by atoms with Gasteiger partial charge in [-0.1, -0.05) is 6.07 Å². The molecule has 2 heterocycles. The van der Waals surface area contributed by atoms with Crippen LogP contribution in [0.5, 0.6) is 5.75 Å². The molecule has 3 rings (SSSR count).